The number of rotatable bonds is 4. The van der Waals surface area contributed by atoms with Gasteiger partial charge in [-0.05, 0) is 37.3 Å². The normalized spacial score (nSPS) is 19.3. The molecule has 1 aliphatic heterocycles. The smallest absolute Gasteiger partial charge is 0.315 e. The number of ether oxygens (including phenoxy) is 1. The van der Waals surface area contributed by atoms with Crippen LogP contribution in [0, 0.1) is 0 Å². The Balaban J connectivity index is 1.61. The third kappa shape index (κ3) is 3.88. The highest BCUT2D eigenvalue weighted by molar-refractivity contribution is 7.10. The molecule has 24 heavy (non-hydrogen) atoms. The molecule has 6 heteroatoms. The van der Waals surface area contributed by atoms with Gasteiger partial charge in [0.05, 0.1) is 19.2 Å². The van der Waals surface area contributed by atoms with Crippen LogP contribution in [0.1, 0.15) is 36.2 Å². The van der Waals surface area contributed by atoms with E-state index in [4.69, 9.17) is 4.74 Å². The van der Waals surface area contributed by atoms with Crippen molar-refractivity contribution in [2.75, 3.05) is 13.2 Å². The maximum Gasteiger partial charge on any atom is 0.315 e. The lowest BCUT2D eigenvalue weighted by Crippen LogP contribution is -2.44. The van der Waals surface area contributed by atoms with Crippen LogP contribution in [0.3, 0.4) is 0 Å². The summed E-state index contributed by atoms with van der Waals surface area (Å²) in [7, 11) is 0. The number of hydrogen-bond donors (Lipinski definition) is 3. The Morgan fingerprint density at radius 1 is 1.38 bits per heavy atom. The number of carbonyl (C=O) groups excluding carboxylic acids is 1. The Bertz CT molecular complexity index is 685. The van der Waals surface area contributed by atoms with Gasteiger partial charge >= 0.3 is 6.03 Å². The van der Waals surface area contributed by atoms with Crippen LogP contribution in [0.15, 0.2) is 41.8 Å². The number of urea groups is 1. The van der Waals surface area contributed by atoms with Gasteiger partial charge < -0.3 is 20.5 Å². The molecule has 5 nitrogen and oxygen atoms in total. The van der Waals surface area contributed by atoms with Crippen LogP contribution < -0.4 is 15.4 Å². The quantitative estimate of drug-likeness (QED) is 0.796. The predicted molar refractivity (Wildman–Crippen MR) is 94.3 cm³/mol. The molecule has 2 amide bonds. The van der Waals surface area contributed by atoms with E-state index in [1.807, 2.05) is 41.8 Å². The van der Waals surface area contributed by atoms with E-state index >= 15 is 0 Å². The monoisotopic (exact) mass is 346 g/mol. The summed E-state index contributed by atoms with van der Waals surface area (Å²) in [5.41, 5.74) is -0.0779. The lowest BCUT2D eigenvalue weighted by molar-refractivity contribution is 0.0630. The van der Waals surface area contributed by atoms with Crippen LogP contribution >= 0.6 is 11.3 Å². The number of benzene rings is 1. The van der Waals surface area contributed by atoms with E-state index in [0.717, 1.165) is 29.0 Å². The first-order chi connectivity index (χ1) is 11.6. The second kappa shape index (κ2) is 7.23. The van der Waals surface area contributed by atoms with Crippen molar-refractivity contribution in [1.29, 1.82) is 0 Å². The van der Waals surface area contributed by atoms with Crippen LogP contribution in [0.4, 0.5) is 4.79 Å². The third-order valence-corrected chi connectivity index (χ3v) is 5.26. The molecule has 128 valence electrons. The highest BCUT2D eigenvalue weighted by atomic mass is 32.1. The van der Waals surface area contributed by atoms with Crippen molar-refractivity contribution in [3.8, 4) is 5.75 Å². The van der Waals surface area contributed by atoms with Crippen LogP contribution in [-0.4, -0.2) is 24.3 Å². The van der Waals surface area contributed by atoms with Gasteiger partial charge in [-0.2, -0.15) is 0 Å². The Kier molecular flexibility index (Phi) is 5.06. The largest absolute Gasteiger partial charge is 0.493 e. The summed E-state index contributed by atoms with van der Waals surface area (Å²) in [6, 6.07) is 11.2. The van der Waals surface area contributed by atoms with Gasteiger partial charge in [-0.1, -0.05) is 24.3 Å². The molecular weight excluding hydrogens is 324 g/mol. The minimum Gasteiger partial charge on any atom is -0.493 e. The molecule has 0 aliphatic carbocycles. The fourth-order valence-electron chi connectivity index (χ4n) is 2.81. The number of fused-ring (bicyclic) bond motifs is 1. The molecule has 1 aliphatic rings. The summed E-state index contributed by atoms with van der Waals surface area (Å²) in [6.07, 6.45) is 1.71. The van der Waals surface area contributed by atoms with E-state index in [0.29, 0.717) is 6.61 Å². The van der Waals surface area contributed by atoms with E-state index in [1.54, 1.807) is 6.92 Å². The van der Waals surface area contributed by atoms with Crippen LogP contribution in [-0.2, 0) is 5.60 Å². The zero-order valence-electron chi connectivity index (χ0n) is 13.6. The molecule has 0 saturated carbocycles. The van der Waals surface area contributed by atoms with Crippen molar-refractivity contribution in [1.82, 2.24) is 10.6 Å². The van der Waals surface area contributed by atoms with Crippen LogP contribution in [0.25, 0.3) is 0 Å². The summed E-state index contributed by atoms with van der Waals surface area (Å²) in [5.74, 6) is 0.825. The van der Waals surface area contributed by atoms with Gasteiger partial charge in [0.2, 0.25) is 0 Å². The second-order valence-electron chi connectivity index (χ2n) is 6.16. The lowest BCUT2D eigenvalue weighted by Gasteiger charge is -2.24. The van der Waals surface area contributed by atoms with Crippen LogP contribution in [0.2, 0.25) is 0 Å². The molecule has 0 radical (unpaired) electrons. The Hall–Kier alpha value is -2.05. The van der Waals surface area contributed by atoms with Gasteiger partial charge in [0.15, 0.2) is 0 Å². The molecule has 3 N–H and O–H groups in total. The molecule has 3 rings (SSSR count). The van der Waals surface area contributed by atoms with Crippen molar-refractivity contribution in [3.05, 3.63) is 52.2 Å². The number of carbonyl (C=O) groups is 1. The van der Waals surface area contributed by atoms with Gasteiger partial charge in [0.25, 0.3) is 0 Å². The van der Waals surface area contributed by atoms with E-state index in [9.17, 15) is 9.90 Å². The fraction of sp³-hybridized carbons (Fsp3) is 0.389. The molecule has 0 spiro atoms. The molecule has 2 aromatic rings. The van der Waals surface area contributed by atoms with Gasteiger partial charge in [-0.3, -0.25) is 0 Å². The Morgan fingerprint density at radius 2 is 2.21 bits per heavy atom. The molecule has 0 saturated heterocycles. The topological polar surface area (TPSA) is 70.6 Å². The summed E-state index contributed by atoms with van der Waals surface area (Å²) in [5, 5.41) is 18.2. The number of para-hydroxylation sites is 1. The van der Waals surface area contributed by atoms with Crippen molar-refractivity contribution >= 4 is 17.4 Å². The average molecular weight is 346 g/mol. The van der Waals surface area contributed by atoms with Crippen molar-refractivity contribution in [2.24, 2.45) is 0 Å². The molecule has 2 atom stereocenters. The van der Waals surface area contributed by atoms with Crippen molar-refractivity contribution in [2.45, 2.75) is 31.4 Å². The summed E-state index contributed by atoms with van der Waals surface area (Å²) >= 11 is 1.47. The molecule has 0 fully saturated rings. The minimum absolute atomic E-state index is 0.0876. The number of aliphatic hydroxyl groups is 1. The van der Waals surface area contributed by atoms with Gasteiger partial charge in [-0.25, -0.2) is 4.79 Å². The predicted octanol–water partition coefficient (Wildman–Crippen LogP) is 3.17. The average Bonchev–Trinajstić information content (AvgIpc) is 3.05. The van der Waals surface area contributed by atoms with E-state index in [-0.39, 0.29) is 18.6 Å². The highest BCUT2D eigenvalue weighted by Gasteiger charge is 2.26. The maximum absolute atomic E-state index is 12.3. The first kappa shape index (κ1) is 16.8. The third-order valence-electron chi connectivity index (χ3n) is 4.14. The van der Waals surface area contributed by atoms with Gasteiger partial charge in [-0.15, -0.1) is 11.3 Å². The first-order valence-electron chi connectivity index (χ1n) is 8.09. The van der Waals surface area contributed by atoms with Gasteiger partial charge in [0.1, 0.15) is 11.4 Å². The number of thiophene rings is 1. The number of amides is 2. The zero-order valence-corrected chi connectivity index (χ0v) is 14.4. The number of hydrogen-bond acceptors (Lipinski definition) is 4. The SMILES string of the molecule is C[C@](O)(CNC(=O)N[C@H]1CCCOc2ccccc21)c1cccs1. The number of nitrogens with one attached hydrogen (secondary N) is 2. The van der Waals surface area contributed by atoms with Crippen molar-refractivity contribution < 1.29 is 14.6 Å². The fourth-order valence-corrected chi connectivity index (χ4v) is 3.60. The molecule has 2 heterocycles. The van der Waals surface area contributed by atoms with E-state index < -0.39 is 5.60 Å². The summed E-state index contributed by atoms with van der Waals surface area (Å²) in [4.78, 5) is 13.1. The zero-order chi connectivity index (χ0) is 17.0. The van der Waals surface area contributed by atoms with E-state index in [1.165, 1.54) is 11.3 Å². The lowest BCUT2D eigenvalue weighted by atomic mass is 10.0. The summed E-state index contributed by atoms with van der Waals surface area (Å²) < 4.78 is 5.71. The first-order valence-corrected chi connectivity index (χ1v) is 8.97. The Morgan fingerprint density at radius 3 is 3.00 bits per heavy atom. The molecule has 0 bridgehead atoms. The molecule has 1 aromatic carbocycles. The Labute approximate surface area is 145 Å². The highest BCUT2D eigenvalue weighted by Crippen LogP contribution is 2.31. The minimum atomic E-state index is -1.07. The second-order valence-corrected chi connectivity index (χ2v) is 7.11. The van der Waals surface area contributed by atoms with Crippen LogP contribution in [0.5, 0.6) is 5.75 Å². The standard InChI is InChI=1S/C18H22N2O3S/c1-18(22,16-9-5-11-24-16)12-19-17(21)20-14-7-4-10-23-15-8-3-2-6-13(14)15/h2-3,5-6,8-9,11,14,22H,4,7,10,12H2,1H3,(H2,19,20,21)/t14-,18-/m0/s1. The van der Waals surface area contributed by atoms with Gasteiger partial charge in [0, 0.05) is 10.4 Å². The maximum atomic E-state index is 12.3. The molecule has 0 unspecified atom stereocenters. The molecule has 1 aromatic heterocycles. The van der Waals surface area contributed by atoms with E-state index in [2.05, 4.69) is 10.6 Å². The molecular formula is C18H22N2O3S. The van der Waals surface area contributed by atoms with Crippen molar-refractivity contribution in [3.63, 3.8) is 0 Å². The summed E-state index contributed by atoms with van der Waals surface area (Å²) in [6.45, 7) is 2.52.